The van der Waals surface area contributed by atoms with Crippen LogP contribution in [0.25, 0.3) is 0 Å². The summed E-state index contributed by atoms with van der Waals surface area (Å²) in [5.74, 6) is 1.39. The summed E-state index contributed by atoms with van der Waals surface area (Å²) in [5.41, 5.74) is 3.45. The number of aryl methyl sites for hydroxylation is 1. The van der Waals surface area contributed by atoms with Crippen molar-refractivity contribution in [3.05, 3.63) is 22.8 Å². The number of aliphatic hydroxyl groups excluding tert-OH is 1. The molecule has 0 fully saturated rings. The molecule has 1 unspecified atom stereocenters. The molecule has 19 heavy (non-hydrogen) atoms. The molecule has 3 heteroatoms. The molecule has 1 aromatic carbocycles. The molecule has 0 saturated carbocycles. The molecule has 0 heterocycles. The van der Waals surface area contributed by atoms with Crippen molar-refractivity contribution in [3.8, 4) is 11.5 Å². The van der Waals surface area contributed by atoms with Crippen LogP contribution in [0.4, 0.5) is 0 Å². The normalized spacial score (nSPS) is 21.5. The number of hydrogen-bond acceptors (Lipinski definition) is 3. The molecule has 0 radical (unpaired) electrons. The van der Waals surface area contributed by atoms with E-state index < -0.39 is 6.10 Å². The van der Waals surface area contributed by atoms with E-state index in [0.717, 1.165) is 24.8 Å². The second-order valence-corrected chi connectivity index (χ2v) is 6.21. The molecule has 1 aromatic rings. The first-order valence-electron chi connectivity index (χ1n) is 6.82. The molecule has 0 spiro atoms. The van der Waals surface area contributed by atoms with Gasteiger partial charge in [0.2, 0.25) is 0 Å². The molecule has 3 nitrogen and oxygen atoms in total. The van der Waals surface area contributed by atoms with E-state index in [0.29, 0.717) is 11.5 Å². The fourth-order valence-corrected chi connectivity index (χ4v) is 3.07. The van der Waals surface area contributed by atoms with Crippen molar-refractivity contribution in [1.29, 1.82) is 0 Å². The maximum atomic E-state index is 10.6. The molecule has 0 bridgehead atoms. The minimum atomic E-state index is -0.490. The van der Waals surface area contributed by atoms with Crippen LogP contribution in [0, 0.1) is 12.3 Å². The average Bonchev–Trinajstić information content (AvgIpc) is 2.46. The molecule has 1 atom stereocenters. The Morgan fingerprint density at radius 2 is 1.95 bits per heavy atom. The molecule has 0 aliphatic heterocycles. The Kier molecular flexibility index (Phi) is 3.77. The van der Waals surface area contributed by atoms with Crippen LogP contribution in [-0.2, 0) is 6.42 Å². The van der Waals surface area contributed by atoms with Gasteiger partial charge in [0, 0.05) is 5.56 Å². The van der Waals surface area contributed by atoms with Crippen molar-refractivity contribution in [3.63, 3.8) is 0 Å². The summed E-state index contributed by atoms with van der Waals surface area (Å²) in [6.07, 6.45) is 2.32. The lowest BCUT2D eigenvalue weighted by atomic mass is 9.84. The predicted molar refractivity (Wildman–Crippen MR) is 76.0 cm³/mol. The minimum absolute atomic E-state index is 0.142. The van der Waals surface area contributed by atoms with Crippen LogP contribution in [0.2, 0.25) is 0 Å². The van der Waals surface area contributed by atoms with Gasteiger partial charge >= 0.3 is 0 Å². The van der Waals surface area contributed by atoms with Gasteiger partial charge in [0.15, 0.2) is 11.5 Å². The van der Waals surface area contributed by atoms with Gasteiger partial charge in [0.25, 0.3) is 0 Å². The molecule has 0 saturated heterocycles. The molecule has 1 aliphatic rings. The first-order chi connectivity index (χ1) is 8.89. The second-order valence-electron chi connectivity index (χ2n) is 6.21. The summed E-state index contributed by atoms with van der Waals surface area (Å²) < 4.78 is 10.9. The van der Waals surface area contributed by atoms with Crippen molar-refractivity contribution in [1.82, 2.24) is 0 Å². The second kappa shape index (κ2) is 5.04. The number of rotatable bonds is 2. The summed E-state index contributed by atoms with van der Waals surface area (Å²) in [6, 6.07) is 2.00. The Bertz CT molecular complexity index is 477. The van der Waals surface area contributed by atoms with Crippen LogP contribution in [0.3, 0.4) is 0 Å². The quantitative estimate of drug-likeness (QED) is 0.832. The van der Waals surface area contributed by atoms with Gasteiger partial charge in [-0.05, 0) is 48.8 Å². The lowest BCUT2D eigenvalue weighted by Gasteiger charge is -2.24. The number of hydrogen-bond donors (Lipinski definition) is 1. The lowest BCUT2D eigenvalue weighted by Crippen LogP contribution is -2.14. The third-order valence-corrected chi connectivity index (χ3v) is 4.17. The fourth-order valence-electron chi connectivity index (χ4n) is 3.07. The van der Waals surface area contributed by atoms with Crippen LogP contribution in [0.5, 0.6) is 11.5 Å². The van der Waals surface area contributed by atoms with E-state index >= 15 is 0 Å². The average molecular weight is 264 g/mol. The van der Waals surface area contributed by atoms with E-state index in [-0.39, 0.29) is 5.41 Å². The fraction of sp³-hybridized carbons (Fsp3) is 0.625. The van der Waals surface area contributed by atoms with Gasteiger partial charge in [0.05, 0.1) is 20.3 Å². The Balaban J connectivity index is 2.62. The van der Waals surface area contributed by atoms with Crippen LogP contribution >= 0.6 is 0 Å². The molecular formula is C16H24O3. The zero-order chi connectivity index (χ0) is 14.2. The van der Waals surface area contributed by atoms with Crippen molar-refractivity contribution >= 4 is 0 Å². The van der Waals surface area contributed by atoms with Crippen LogP contribution in [0.1, 0.15) is 49.5 Å². The molecule has 106 valence electrons. The Morgan fingerprint density at radius 1 is 1.26 bits per heavy atom. The zero-order valence-corrected chi connectivity index (χ0v) is 12.5. The smallest absolute Gasteiger partial charge is 0.166 e. The van der Waals surface area contributed by atoms with E-state index in [1.54, 1.807) is 14.2 Å². The lowest BCUT2D eigenvalue weighted by molar-refractivity contribution is 0.114. The monoisotopic (exact) mass is 264 g/mol. The molecule has 1 N–H and O–H groups in total. The number of ether oxygens (including phenoxy) is 2. The van der Waals surface area contributed by atoms with Crippen molar-refractivity contribution in [2.75, 3.05) is 14.2 Å². The standard InChI is InChI=1S/C16H24O3/c1-10-8-13(18-4)15(19-5)14-11(10)6-7-16(2,3)9-12(14)17/h8,12,17H,6-7,9H2,1-5H3. The van der Waals surface area contributed by atoms with Crippen LogP contribution < -0.4 is 9.47 Å². The molecule has 0 amide bonds. The van der Waals surface area contributed by atoms with E-state index in [2.05, 4.69) is 20.8 Å². The maximum Gasteiger partial charge on any atom is 0.166 e. The number of aliphatic hydroxyl groups is 1. The van der Waals surface area contributed by atoms with E-state index in [4.69, 9.17) is 9.47 Å². The van der Waals surface area contributed by atoms with E-state index in [9.17, 15) is 5.11 Å². The minimum Gasteiger partial charge on any atom is -0.493 e. The first kappa shape index (κ1) is 14.2. The van der Waals surface area contributed by atoms with Gasteiger partial charge in [-0.2, -0.15) is 0 Å². The highest BCUT2D eigenvalue weighted by molar-refractivity contribution is 5.55. The third-order valence-electron chi connectivity index (χ3n) is 4.17. The Morgan fingerprint density at radius 3 is 2.53 bits per heavy atom. The van der Waals surface area contributed by atoms with E-state index in [1.165, 1.54) is 11.1 Å². The van der Waals surface area contributed by atoms with Crippen molar-refractivity contribution < 1.29 is 14.6 Å². The van der Waals surface area contributed by atoms with Crippen molar-refractivity contribution in [2.45, 2.75) is 46.1 Å². The van der Waals surface area contributed by atoms with Gasteiger partial charge in [-0.1, -0.05) is 13.8 Å². The topological polar surface area (TPSA) is 38.7 Å². The molecule has 0 aromatic heterocycles. The van der Waals surface area contributed by atoms with Gasteiger partial charge in [-0.15, -0.1) is 0 Å². The van der Waals surface area contributed by atoms with E-state index in [1.807, 2.05) is 6.07 Å². The van der Waals surface area contributed by atoms with Crippen molar-refractivity contribution in [2.24, 2.45) is 5.41 Å². The first-order valence-corrected chi connectivity index (χ1v) is 6.82. The number of benzene rings is 1. The summed E-state index contributed by atoms with van der Waals surface area (Å²) in [6.45, 7) is 6.49. The summed E-state index contributed by atoms with van der Waals surface area (Å²) in [5, 5.41) is 10.6. The Hall–Kier alpha value is -1.22. The SMILES string of the molecule is COc1cc(C)c2c(c1OC)C(O)CC(C)(C)CC2. The molecule has 2 rings (SSSR count). The highest BCUT2D eigenvalue weighted by Crippen LogP contribution is 2.47. The van der Waals surface area contributed by atoms with Crippen LogP contribution in [-0.4, -0.2) is 19.3 Å². The molecular weight excluding hydrogens is 240 g/mol. The number of methoxy groups -OCH3 is 2. The van der Waals surface area contributed by atoms with Crippen LogP contribution in [0.15, 0.2) is 6.07 Å². The Labute approximate surface area is 115 Å². The molecule has 1 aliphatic carbocycles. The summed E-state index contributed by atoms with van der Waals surface area (Å²) in [4.78, 5) is 0. The summed E-state index contributed by atoms with van der Waals surface area (Å²) >= 11 is 0. The largest absolute Gasteiger partial charge is 0.493 e. The third kappa shape index (κ3) is 2.57. The van der Waals surface area contributed by atoms with Gasteiger partial charge in [-0.3, -0.25) is 0 Å². The zero-order valence-electron chi connectivity index (χ0n) is 12.5. The highest BCUT2D eigenvalue weighted by atomic mass is 16.5. The predicted octanol–water partition coefficient (Wildman–Crippen LogP) is 3.41. The number of fused-ring (bicyclic) bond motifs is 1. The van der Waals surface area contributed by atoms with Gasteiger partial charge in [-0.25, -0.2) is 0 Å². The highest BCUT2D eigenvalue weighted by Gasteiger charge is 2.32. The van der Waals surface area contributed by atoms with Gasteiger partial charge in [0.1, 0.15) is 0 Å². The summed E-state index contributed by atoms with van der Waals surface area (Å²) in [7, 11) is 3.27. The van der Waals surface area contributed by atoms with Gasteiger partial charge < -0.3 is 14.6 Å². The maximum absolute atomic E-state index is 10.6.